The Hall–Kier alpha value is -3.21. The van der Waals surface area contributed by atoms with Crippen molar-refractivity contribution in [2.45, 2.75) is 24.9 Å². The number of carbonyl (C=O) groups excluding carboxylic acids is 1. The van der Waals surface area contributed by atoms with E-state index in [-0.39, 0.29) is 23.7 Å². The molecule has 2 amide bonds. The van der Waals surface area contributed by atoms with Crippen molar-refractivity contribution in [3.8, 4) is 0 Å². The molecule has 0 saturated heterocycles. The first kappa shape index (κ1) is 18.2. The predicted molar refractivity (Wildman–Crippen MR) is 104 cm³/mol. The molecule has 1 aliphatic carbocycles. The van der Waals surface area contributed by atoms with Crippen LogP contribution in [0.4, 0.5) is 13.6 Å². The average Bonchev–Trinajstić information content (AvgIpc) is 3.11. The summed E-state index contributed by atoms with van der Waals surface area (Å²) in [7, 11) is 0. The van der Waals surface area contributed by atoms with E-state index >= 15 is 0 Å². The normalized spacial score (nSPS) is 15.3. The van der Waals surface area contributed by atoms with Gasteiger partial charge in [-0.1, -0.05) is 48.5 Å². The van der Waals surface area contributed by atoms with Crippen molar-refractivity contribution in [2.75, 3.05) is 0 Å². The molecule has 0 unspecified atom stereocenters. The van der Waals surface area contributed by atoms with Crippen molar-refractivity contribution >= 4 is 6.03 Å². The maximum Gasteiger partial charge on any atom is 0.316 e. The summed E-state index contributed by atoms with van der Waals surface area (Å²) in [6.07, 6.45) is 1.78. The molecule has 0 fully saturated rings. The molecule has 0 radical (unpaired) electrons. The summed E-state index contributed by atoms with van der Waals surface area (Å²) >= 11 is 0. The van der Waals surface area contributed by atoms with Crippen LogP contribution < -0.4 is 10.6 Å². The monoisotopic (exact) mass is 378 g/mol. The summed E-state index contributed by atoms with van der Waals surface area (Å²) in [5, 5.41) is 5.98. The van der Waals surface area contributed by atoms with Crippen molar-refractivity contribution in [1.29, 1.82) is 0 Å². The third-order valence-corrected chi connectivity index (χ3v) is 5.12. The minimum Gasteiger partial charge on any atom is -0.331 e. The van der Waals surface area contributed by atoms with Gasteiger partial charge < -0.3 is 10.6 Å². The molecule has 0 heterocycles. The number of urea groups is 1. The van der Waals surface area contributed by atoms with Crippen molar-refractivity contribution in [3.63, 3.8) is 0 Å². The molecule has 2 N–H and O–H groups in total. The van der Waals surface area contributed by atoms with E-state index in [1.165, 1.54) is 29.8 Å². The van der Waals surface area contributed by atoms with E-state index in [1.807, 2.05) is 18.2 Å². The highest BCUT2D eigenvalue weighted by molar-refractivity contribution is 5.76. The zero-order valence-corrected chi connectivity index (χ0v) is 15.2. The van der Waals surface area contributed by atoms with Gasteiger partial charge in [0.1, 0.15) is 11.6 Å². The minimum atomic E-state index is -0.516. The molecule has 0 bridgehead atoms. The van der Waals surface area contributed by atoms with Gasteiger partial charge >= 0.3 is 6.03 Å². The second-order valence-corrected chi connectivity index (χ2v) is 6.94. The molecule has 3 aromatic rings. The van der Waals surface area contributed by atoms with Gasteiger partial charge in [0.2, 0.25) is 0 Å². The van der Waals surface area contributed by atoms with Gasteiger partial charge in [-0.3, -0.25) is 0 Å². The highest BCUT2D eigenvalue weighted by Gasteiger charge is 2.25. The minimum absolute atomic E-state index is 0.0433. The number of halogens is 2. The summed E-state index contributed by atoms with van der Waals surface area (Å²) < 4.78 is 26.7. The van der Waals surface area contributed by atoms with E-state index in [4.69, 9.17) is 0 Å². The SMILES string of the molecule is O=C(NC(c1ccc(F)cc1)c1ccc(F)cc1)N[C@H]1CCc2ccccc21. The molecule has 3 aromatic carbocycles. The Kier molecular flexibility index (Phi) is 5.06. The Balaban J connectivity index is 1.54. The average molecular weight is 378 g/mol. The van der Waals surface area contributed by atoms with Crippen LogP contribution in [0.25, 0.3) is 0 Å². The van der Waals surface area contributed by atoms with Crippen molar-refractivity contribution in [1.82, 2.24) is 10.6 Å². The number of hydrogen-bond donors (Lipinski definition) is 2. The lowest BCUT2D eigenvalue weighted by Crippen LogP contribution is -2.39. The molecule has 1 atom stereocenters. The van der Waals surface area contributed by atoms with Gasteiger partial charge in [-0.15, -0.1) is 0 Å². The summed E-state index contributed by atoms with van der Waals surface area (Å²) in [5.41, 5.74) is 3.82. The highest BCUT2D eigenvalue weighted by Crippen LogP contribution is 2.31. The number of benzene rings is 3. The summed E-state index contributed by atoms with van der Waals surface area (Å²) in [5.74, 6) is -0.706. The summed E-state index contributed by atoms with van der Waals surface area (Å²) in [6, 6.07) is 19.1. The van der Waals surface area contributed by atoms with E-state index in [0.717, 1.165) is 29.5 Å². The van der Waals surface area contributed by atoms with Crippen LogP contribution in [0.5, 0.6) is 0 Å². The maximum atomic E-state index is 13.3. The van der Waals surface area contributed by atoms with E-state index in [9.17, 15) is 13.6 Å². The van der Waals surface area contributed by atoms with Gasteiger partial charge in [0.05, 0.1) is 12.1 Å². The van der Waals surface area contributed by atoms with Gasteiger partial charge in [0.15, 0.2) is 0 Å². The second-order valence-electron chi connectivity index (χ2n) is 6.94. The number of amides is 2. The van der Waals surface area contributed by atoms with Crippen LogP contribution in [0.2, 0.25) is 0 Å². The molecule has 28 heavy (non-hydrogen) atoms. The first-order valence-electron chi connectivity index (χ1n) is 9.26. The first-order valence-corrected chi connectivity index (χ1v) is 9.26. The second kappa shape index (κ2) is 7.80. The van der Waals surface area contributed by atoms with E-state index < -0.39 is 6.04 Å². The van der Waals surface area contributed by atoms with Crippen LogP contribution in [0.15, 0.2) is 72.8 Å². The number of nitrogens with one attached hydrogen (secondary N) is 2. The van der Waals surface area contributed by atoms with Gasteiger partial charge in [-0.2, -0.15) is 0 Å². The zero-order chi connectivity index (χ0) is 19.5. The maximum absolute atomic E-state index is 13.3. The fourth-order valence-electron chi connectivity index (χ4n) is 3.71. The Bertz CT molecular complexity index is 925. The molecule has 142 valence electrons. The Labute approximate surface area is 162 Å². The van der Waals surface area contributed by atoms with E-state index in [1.54, 1.807) is 24.3 Å². The standard InChI is InChI=1S/C23H20F2N2O/c24-18-10-5-16(6-11-18)22(17-7-12-19(25)13-8-17)27-23(28)26-21-14-9-15-3-1-2-4-20(15)21/h1-8,10-13,21-22H,9,14H2,(H2,26,27,28)/t21-/m0/s1. The van der Waals surface area contributed by atoms with Crippen molar-refractivity contribution in [2.24, 2.45) is 0 Å². The van der Waals surface area contributed by atoms with Crippen molar-refractivity contribution < 1.29 is 13.6 Å². The summed E-state index contributed by atoms with van der Waals surface area (Å²) in [6.45, 7) is 0. The molecule has 0 aromatic heterocycles. The predicted octanol–water partition coefficient (Wildman–Crippen LogP) is 5.04. The topological polar surface area (TPSA) is 41.1 Å². The number of hydrogen-bond acceptors (Lipinski definition) is 1. The molecular weight excluding hydrogens is 358 g/mol. The molecular formula is C23H20F2N2O. The molecule has 5 heteroatoms. The van der Waals surface area contributed by atoms with Crippen LogP contribution >= 0.6 is 0 Å². The fraction of sp³-hybridized carbons (Fsp3) is 0.174. The molecule has 4 rings (SSSR count). The van der Waals surface area contributed by atoms with Crippen LogP contribution in [0, 0.1) is 11.6 Å². The third-order valence-electron chi connectivity index (χ3n) is 5.12. The third kappa shape index (κ3) is 3.88. The number of aryl methyl sites for hydroxylation is 1. The van der Waals surface area contributed by atoms with Crippen LogP contribution in [0.1, 0.15) is 40.8 Å². The first-order chi connectivity index (χ1) is 13.6. The van der Waals surface area contributed by atoms with Gasteiger partial charge in [-0.25, -0.2) is 13.6 Å². The summed E-state index contributed by atoms with van der Waals surface area (Å²) in [4.78, 5) is 12.7. The molecule has 0 aliphatic heterocycles. The Morgan fingerprint density at radius 2 is 1.43 bits per heavy atom. The van der Waals surface area contributed by atoms with E-state index in [2.05, 4.69) is 16.7 Å². The van der Waals surface area contributed by atoms with Crippen LogP contribution in [-0.4, -0.2) is 6.03 Å². The number of carbonyl (C=O) groups is 1. The lowest BCUT2D eigenvalue weighted by Gasteiger charge is -2.22. The zero-order valence-electron chi connectivity index (χ0n) is 15.2. The van der Waals surface area contributed by atoms with Crippen LogP contribution in [0.3, 0.4) is 0 Å². The number of rotatable bonds is 4. The highest BCUT2D eigenvalue weighted by atomic mass is 19.1. The molecule has 3 nitrogen and oxygen atoms in total. The quantitative estimate of drug-likeness (QED) is 0.656. The smallest absolute Gasteiger partial charge is 0.316 e. The Morgan fingerprint density at radius 1 is 0.857 bits per heavy atom. The molecule has 0 saturated carbocycles. The fourth-order valence-corrected chi connectivity index (χ4v) is 3.71. The lowest BCUT2D eigenvalue weighted by molar-refractivity contribution is 0.235. The molecule has 1 aliphatic rings. The largest absolute Gasteiger partial charge is 0.331 e. The van der Waals surface area contributed by atoms with Crippen LogP contribution in [-0.2, 0) is 6.42 Å². The van der Waals surface area contributed by atoms with Crippen molar-refractivity contribution in [3.05, 3.63) is 107 Å². The Morgan fingerprint density at radius 3 is 2.04 bits per heavy atom. The lowest BCUT2D eigenvalue weighted by atomic mass is 9.98. The molecule has 0 spiro atoms. The van der Waals surface area contributed by atoms with Gasteiger partial charge in [0.25, 0.3) is 0 Å². The number of fused-ring (bicyclic) bond motifs is 1. The van der Waals surface area contributed by atoms with E-state index in [0.29, 0.717) is 0 Å². The van der Waals surface area contributed by atoms with Gasteiger partial charge in [-0.05, 0) is 59.4 Å². The van der Waals surface area contributed by atoms with Gasteiger partial charge in [0, 0.05) is 0 Å².